The van der Waals surface area contributed by atoms with Gasteiger partial charge in [-0.05, 0) is 45.6 Å². The molecule has 0 saturated heterocycles. The summed E-state index contributed by atoms with van der Waals surface area (Å²) >= 11 is 0. The van der Waals surface area contributed by atoms with Gasteiger partial charge in [0, 0.05) is 416 Å². The number of aryl methyl sites for hydroxylation is 13. The number of amides is 1. The van der Waals surface area contributed by atoms with E-state index in [4.69, 9.17) is 4.11 Å². The molecule has 0 aliphatic carbocycles. The molecule has 1 aliphatic rings. The Hall–Kier alpha value is -0.259. The van der Waals surface area contributed by atoms with Crippen LogP contribution in [0.4, 0.5) is 5.82 Å². The molecule has 0 fully saturated rings. The normalized spacial score (nSPS) is 10.5. The van der Waals surface area contributed by atoms with E-state index in [1.807, 2.05) is 41.8 Å². The molecule has 0 spiro atoms. The van der Waals surface area contributed by atoms with Gasteiger partial charge in [0.05, 0.1) is 16.7 Å². The van der Waals surface area contributed by atoms with Gasteiger partial charge in [-0.25, -0.2) is 0 Å². The third-order valence-corrected chi connectivity index (χ3v) is 11.9. The molecule has 92 heavy (non-hydrogen) atoms. The van der Waals surface area contributed by atoms with E-state index in [9.17, 15) is 19.2 Å². The Balaban J connectivity index is -0.000000499. The number of Topliss-reactive ketones (excluding diaryl/α,β-unsaturated/α-hetero) is 1. The van der Waals surface area contributed by atoms with Crippen LogP contribution >= 0.6 is 0 Å². The van der Waals surface area contributed by atoms with Crippen molar-refractivity contribution in [3.8, 4) is 0 Å². The number of rotatable bonds is 0. The van der Waals surface area contributed by atoms with Gasteiger partial charge < -0.3 is 92.9 Å². The summed E-state index contributed by atoms with van der Waals surface area (Å²) in [5, 5.41) is 22.0. The minimum absolute atomic E-state index is 0. The van der Waals surface area contributed by atoms with Gasteiger partial charge in [0.25, 0.3) is 5.91 Å². The predicted molar refractivity (Wildman–Crippen MR) is 288 cm³/mol. The monoisotopic (exact) mass is 2450 g/mol. The number of hydrogen-bond donors (Lipinski definition) is 0. The van der Waals surface area contributed by atoms with E-state index in [2.05, 4.69) is 147 Å². The van der Waals surface area contributed by atoms with Gasteiger partial charge in [0.2, 0.25) is 5.78 Å². The van der Waals surface area contributed by atoms with Crippen LogP contribution in [0, 0.1) is 105 Å². The number of nitrogens with zero attached hydrogens (tertiary/aromatic N) is 25. The zero-order valence-electron chi connectivity index (χ0n) is 54.6. The van der Waals surface area contributed by atoms with Crippen molar-refractivity contribution in [1.82, 2.24) is 118 Å². The zero-order valence-corrected chi connectivity index (χ0v) is 83.2. The number of ketones is 1. The molecule has 459 valence electrons. The molecule has 29 nitrogen and oxygen atoms in total. The molecule has 14 heterocycles. The van der Waals surface area contributed by atoms with Crippen LogP contribution in [0.15, 0.2) is 33.9 Å². The fourth-order valence-electron chi connectivity index (χ4n) is 7.44. The minimum Gasteiger partial charge on any atom is -0.454 e. The third kappa shape index (κ3) is 23.4. The van der Waals surface area contributed by atoms with Crippen LogP contribution in [0.3, 0.4) is 0 Å². The molecular formula is C52H46N25O4W4Y7-11. The molecule has 0 saturated carbocycles. The fraction of sp³-hybridized carbons (Fsp3) is 0.269. The number of aromatic nitrogens is 24. The van der Waals surface area contributed by atoms with Crippen LogP contribution in [0.25, 0.3) is 66.5 Å². The maximum absolute atomic E-state index is 11.5. The van der Waals surface area contributed by atoms with Gasteiger partial charge in [-0.1, -0.05) is 94.4 Å². The van der Waals surface area contributed by atoms with Crippen molar-refractivity contribution in [1.29, 1.82) is 0 Å². The number of likely N-dealkylation sites (N-methyl/N-ethyl adjacent to an activating group) is 1. The van der Waals surface area contributed by atoms with E-state index in [0.717, 1.165) is 61.4 Å². The van der Waals surface area contributed by atoms with Gasteiger partial charge in [-0.3, -0.25) is 28.8 Å². The van der Waals surface area contributed by atoms with Crippen LogP contribution in [0.1, 0.15) is 54.2 Å². The first-order chi connectivity index (χ1) is 39.9. The Labute approximate surface area is 765 Å². The van der Waals surface area contributed by atoms with Gasteiger partial charge >= 0.3 is 0 Å². The zero-order chi connectivity index (χ0) is 61.0. The van der Waals surface area contributed by atoms with Crippen LogP contribution < -0.4 is 15.9 Å². The summed E-state index contributed by atoms with van der Waals surface area (Å²) in [6.07, 6.45) is 23.2. The van der Waals surface area contributed by atoms with Crippen LogP contribution in [-0.2, 0) is 360 Å². The van der Waals surface area contributed by atoms with E-state index < -0.39 is 11.7 Å². The van der Waals surface area contributed by atoms with Crippen LogP contribution in [0.5, 0.6) is 0 Å². The Morgan fingerprint density at radius 3 is 1.54 bits per heavy atom. The molecular weight excluding hydrogens is 2400 g/mol. The summed E-state index contributed by atoms with van der Waals surface area (Å²) in [4.78, 5) is 96.8. The third-order valence-electron chi connectivity index (χ3n) is 11.9. The summed E-state index contributed by atoms with van der Waals surface area (Å²) in [5.41, 5.74) is 10.4. The summed E-state index contributed by atoms with van der Waals surface area (Å²) in [6, 6.07) is 2.11. The summed E-state index contributed by atoms with van der Waals surface area (Å²) in [7, 11) is 12.0. The molecule has 0 aromatic carbocycles. The Bertz CT molecular complexity index is 4610. The van der Waals surface area contributed by atoms with Crippen molar-refractivity contribution >= 4 is 84.0 Å². The van der Waals surface area contributed by atoms with E-state index in [0.29, 0.717) is 62.2 Å². The van der Waals surface area contributed by atoms with E-state index >= 15 is 0 Å². The minimum atomic E-state index is -0.563. The molecule has 0 bridgehead atoms. The van der Waals surface area contributed by atoms with Crippen molar-refractivity contribution < 1.29 is 327 Å². The SMILES string of the molecule is Cc1c[c-]nc2c1nnn2C.Cc1n[c-]nc2c1C(=O)C(=O)N2C.Cc1n[c-]nc2c1[c-]nn2C.Cc1n[c-]nc2c1nnn2C.[3H][c-]1c(=O)c2c(C)n[c-]nc2n1C.[3H][c-]1c(=O)n(C)c2n[c-]nc(C)c21.[3H]c1[c-]n(C)c2n[c-]nc(C)c12.[W].[W].[W].[W].[Y].[Y].[Y].[Y].[Y].[Y].[Y]. The van der Waals surface area contributed by atoms with Crippen molar-refractivity contribution in [2.45, 2.75) is 48.5 Å². The van der Waals surface area contributed by atoms with E-state index in [1.165, 1.54) is 21.1 Å². The average Bonchev–Trinajstić information content (AvgIpc) is 1.67. The Morgan fingerprint density at radius 1 is 0.511 bits per heavy atom. The molecule has 13 aromatic heterocycles. The molecule has 0 atom stereocenters. The largest absolute Gasteiger partial charge is 0.454 e. The second kappa shape index (κ2) is 45.5. The number of fused-ring (bicyclic) bond motifs is 7. The number of carbonyl (C=O) groups excluding carboxylic acids is 2. The first-order valence-electron chi connectivity index (χ1n) is 25.2. The topological polar surface area (TPSA) is 333 Å². The average molecular weight is 2450 g/mol. The molecule has 40 heteroatoms. The van der Waals surface area contributed by atoms with Gasteiger partial charge in [0.15, 0.2) is 5.56 Å². The number of carbonyl (C=O) groups is 2. The van der Waals surface area contributed by atoms with Crippen molar-refractivity contribution in [3.63, 3.8) is 0 Å². The molecule has 7 radical (unpaired) electrons. The summed E-state index contributed by atoms with van der Waals surface area (Å²) in [5.74, 6) is -0.751. The predicted octanol–water partition coefficient (Wildman–Crippen LogP) is 1.52. The van der Waals surface area contributed by atoms with Gasteiger partial charge in [-0.2, -0.15) is 27.7 Å². The fourth-order valence-corrected chi connectivity index (χ4v) is 7.44. The molecule has 13 aromatic rings. The summed E-state index contributed by atoms with van der Waals surface area (Å²) < 4.78 is 31.9. The van der Waals surface area contributed by atoms with Gasteiger partial charge in [0.1, 0.15) is 0 Å². The quantitative estimate of drug-likeness (QED) is 0.153. The number of hydrogen-bond acceptors (Lipinski definition) is 22. The molecule has 1 aliphatic heterocycles. The van der Waals surface area contributed by atoms with Crippen molar-refractivity contribution in [3.05, 3.63) is 147 Å². The van der Waals surface area contributed by atoms with E-state index in [-0.39, 0.29) is 336 Å². The number of pyridine rings is 1. The summed E-state index contributed by atoms with van der Waals surface area (Å²) in [6.45, 7) is 12.6. The second-order valence-corrected chi connectivity index (χ2v) is 17.5. The van der Waals surface area contributed by atoms with E-state index in [1.54, 1.807) is 73.6 Å². The van der Waals surface area contributed by atoms with Crippen LogP contribution in [-0.4, -0.2) is 137 Å². The van der Waals surface area contributed by atoms with Crippen molar-refractivity contribution in [2.75, 3.05) is 11.9 Å². The van der Waals surface area contributed by atoms with Crippen LogP contribution in [0.2, 0.25) is 0 Å². The second-order valence-electron chi connectivity index (χ2n) is 17.5. The number of anilines is 1. The molecule has 1 amide bonds. The smallest absolute Gasteiger partial charge is 0.287 e. The standard InChI is InChI=1S/C8H6N3O2.2C8H7N3O.C8H7N3.C7H6N4.C7H7N4.C6H6N5.4W.7Y/c1-4-5-6(12)8(13)11(2)7(5)10-3-9-4;1-5-7-6(12)3-11(2)8(7)10-4-9-5;1-5-6-3-7(12)11(2)8(6)10-4-9-5;1-6-7-3-4-11(2)8(7)10-5-9-6;1-5-6-3-10-11(2)7(6)9-4-8-5;1-5-3-4-8-7-6(5)9-10-11(7)2;1-4-5-6(8-3-7-4)11(2)10-9-5;;;;;;;;;;;/h1-2H3;2*3H,1-2H3;3H,1-2H3;1-2H3;3H,1-2H3;1-2H3;;;;;;;;;;;/q-1;4*-2;2*-1;;;;;;;;;;;/i;3*3T;;;;;;;;;;;;;;. The first-order valence-corrected chi connectivity index (χ1v) is 23.7. The molecule has 14 rings (SSSR count). The first kappa shape index (κ1) is 91.7. The Kier molecular flexibility index (Phi) is 45.4. The Morgan fingerprint density at radius 2 is 1.00 bits per heavy atom. The maximum Gasteiger partial charge on any atom is 0.287 e. The molecule has 0 unspecified atom stereocenters. The van der Waals surface area contributed by atoms with Crippen molar-refractivity contribution in [2.24, 2.45) is 42.3 Å². The maximum atomic E-state index is 11.5. The molecule has 0 N–H and O–H groups in total. The van der Waals surface area contributed by atoms with Gasteiger partial charge in [-0.15, -0.1) is 39.3 Å².